The van der Waals surface area contributed by atoms with Crippen molar-refractivity contribution in [2.75, 3.05) is 56.1 Å². The van der Waals surface area contributed by atoms with Crippen molar-refractivity contribution < 1.29 is 14.2 Å². The van der Waals surface area contributed by atoms with E-state index in [1.165, 1.54) is 0 Å². The van der Waals surface area contributed by atoms with Gasteiger partial charge in [-0.1, -0.05) is 11.6 Å². The van der Waals surface area contributed by atoms with Gasteiger partial charge in [-0.25, -0.2) is 0 Å². The van der Waals surface area contributed by atoms with E-state index in [1.54, 1.807) is 20.3 Å². The molecule has 2 heterocycles. The second-order valence-electron chi connectivity index (χ2n) is 6.71. The van der Waals surface area contributed by atoms with Gasteiger partial charge in [0.1, 0.15) is 11.5 Å². The van der Waals surface area contributed by atoms with E-state index >= 15 is 0 Å². The molecule has 0 bridgehead atoms. The van der Waals surface area contributed by atoms with Gasteiger partial charge in [0.15, 0.2) is 0 Å². The molecular formula is C21H23ClN6O3. The normalized spacial score (nSPS) is 13.6. The quantitative estimate of drug-likeness (QED) is 0.565. The molecule has 1 aliphatic rings. The van der Waals surface area contributed by atoms with Crippen LogP contribution >= 0.6 is 11.6 Å². The largest absolute Gasteiger partial charge is 0.497 e. The fourth-order valence-electron chi connectivity index (χ4n) is 3.03. The number of halogens is 1. The maximum Gasteiger partial charge on any atom is 0.233 e. The molecule has 31 heavy (non-hydrogen) atoms. The van der Waals surface area contributed by atoms with Crippen molar-refractivity contribution in [2.24, 2.45) is 0 Å². The van der Waals surface area contributed by atoms with Gasteiger partial charge >= 0.3 is 0 Å². The average Bonchev–Trinajstić information content (AvgIpc) is 2.81. The molecule has 3 aromatic rings. The summed E-state index contributed by atoms with van der Waals surface area (Å²) in [4.78, 5) is 15.8. The molecule has 2 aromatic carbocycles. The van der Waals surface area contributed by atoms with Gasteiger partial charge in [-0.15, -0.1) is 0 Å². The molecule has 0 unspecified atom stereocenters. The summed E-state index contributed by atoms with van der Waals surface area (Å²) in [5.74, 6) is 2.78. The maximum atomic E-state index is 6.38. The molecule has 0 amide bonds. The van der Waals surface area contributed by atoms with E-state index in [1.807, 2.05) is 36.4 Å². The van der Waals surface area contributed by atoms with Gasteiger partial charge in [-0.05, 0) is 36.4 Å². The van der Waals surface area contributed by atoms with Crippen LogP contribution in [0.2, 0.25) is 5.02 Å². The minimum atomic E-state index is 0.375. The Morgan fingerprint density at radius 2 is 1.52 bits per heavy atom. The molecule has 1 saturated heterocycles. The molecule has 4 rings (SSSR count). The summed E-state index contributed by atoms with van der Waals surface area (Å²) in [6.07, 6.45) is 0. The van der Waals surface area contributed by atoms with Crippen LogP contribution in [0.1, 0.15) is 0 Å². The first-order chi connectivity index (χ1) is 15.1. The molecule has 1 fully saturated rings. The number of benzene rings is 2. The van der Waals surface area contributed by atoms with Gasteiger partial charge in [-0.3, -0.25) is 0 Å². The summed E-state index contributed by atoms with van der Waals surface area (Å²) in [6, 6.07) is 12.9. The molecule has 0 aliphatic carbocycles. The summed E-state index contributed by atoms with van der Waals surface area (Å²) in [5, 5.41) is 6.90. The molecule has 1 aliphatic heterocycles. The number of hydrogen-bond donors (Lipinski definition) is 2. The van der Waals surface area contributed by atoms with Crippen LogP contribution in [0.5, 0.6) is 11.5 Å². The van der Waals surface area contributed by atoms with E-state index in [4.69, 9.17) is 25.8 Å². The fraction of sp³-hybridized carbons (Fsp3) is 0.286. The van der Waals surface area contributed by atoms with E-state index in [0.717, 1.165) is 11.4 Å². The molecule has 0 radical (unpaired) electrons. The maximum absolute atomic E-state index is 6.38. The van der Waals surface area contributed by atoms with Gasteiger partial charge in [0.25, 0.3) is 0 Å². The molecular weight excluding hydrogens is 420 g/mol. The Kier molecular flexibility index (Phi) is 6.54. The highest BCUT2D eigenvalue weighted by Crippen LogP contribution is 2.29. The van der Waals surface area contributed by atoms with E-state index in [9.17, 15) is 0 Å². The molecule has 0 atom stereocenters. The lowest BCUT2D eigenvalue weighted by Gasteiger charge is -2.27. The molecule has 0 saturated carbocycles. The Balaban J connectivity index is 1.63. The standard InChI is InChI=1S/C21H23ClN6O3/c1-29-15-5-3-14(4-6-15)23-19-25-20(24-18-8-7-16(30-2)13-17(18)22)27-21(26-19)28-9-11-31-12-10-28/h3-8,13H,9-12H2,1-2H3,(H2,23,24,25,26,27). The molecule has 2 N–H and O–H groups in total. The SMILES string of the molecule is COc1ccc(Nc2nc(Nc3ccc(OC)cc3Cl)nc(N3CCOCC3)n2)cc1. The molecule has 10 heteroatoms. The number of anilines is 5. The third-order valence-corrected chi connectivity index (χ3v) is 5.00. The zero-order valence-corrected chi connectivity index (χ0v) is 18.0. The smallest absolute Gasteiger partial charge is 0.233 e. The predicted octanol–water partition coefficient (Wildman–Crippen LogP) is 3.87. The number of nitrogens with one attached hydrogen (secondary N) is 2. The molecule has 1 aromatic heterocycles. The fourth-order valence-corrected chi connectivity index (χ4v) is 3.25. The number of nitrogens with zero attached hydrogens (tertiary/aromatic N) is 4. The summed E-state index contributed by atoms with van der Waals surface area (Å²) < 4.78 is 15.9. The first-order valence-electron chi connectivity index (χ1n) is 9.75. The Hall–Kier alpha value is -3.30. The summed E-state index contributed by atoms with van der Waals surface area (Å²) >= 11 is 6.38. The minimum absolute atomic E-state index is 0.375. The third-order valence-electron chi connectivity index (χ3n) is 4.69. The van der Waals surface area contributed by atoms with Crippen molar-refractivity contribution in [3.63, 3.8) is 0 Å². The second-order valence-corrected chi connectivity index (χ2v) is 7.11. The van der Waals surface area contributed by atoms with Crippen molar-refractivity contribution in [1.29, 1.82) is 0 Å². The topological polar surface area (TPSA) is 93.7 Å². The van der Waals surface area contributed by atoms with Crippen LogP contribution in [0.15, 0.2) is 42.5 Å². The van der Waals surface area contributed by atoms with Crippen LogP contribution in [-0.2, 0) is 4.74 Å². The number of aromatic nitrogens is 3. The van der Waals surface area contributed by atoms with Crippen molar-refractivity contribution in [2.45, 2.75) is 0 Å². The summed E-state index contributed by atoms with van der Waals surface area (Å²) in [6.45, 7) is 2.66. The lowest BCUT2D eigenvalue weighted by atomic mass is 10.3. The summed E-state index contributed by atoms with van der Waals surface area (Å²) in [5.41, 5.74) is 1.49. The monoisotopic (exact) mass is 442 g/mol. The van der Waals surface area contributed by atoms with Gasteiger partial charge in [0.05, 0.1) is 38.1 Å². The Morgan fingerprint density at radius 3 is 2.16 bits per heavy atom. The van der Waals surface area contributed by atoms with Crippen molar-refractivity contribution in [3.8, 4) is 11.5 Å². The first-order valence-corrected chi connectivity index (χ1v) is 10.1. The lowest BCUT2D eigenvalue weighted by molar-refractivity contribution is 0.122. The number of ether oxygens (including phenoxy) is 3. The second kappa shape index (κ2) is 9.67. The van der Waals surface area contributed by atoms with Gasteiger partial charge in [0.2, 0.25) is 17.8 Å². The first kappa shape index (κ1) is 21.0. The van der Waals surface area contributed by atoms with Gasteiger partial charge < -0.3 is 29.7 Å². The third kappa shape index (κ3) is 5.25. The van der Waals surface area contributed by atoms with Gasteiger partial charge in [0, 0.05) is 24.8 Å². The zero-order chi connectivity index (χ0) is 21.6. The predicted molar refractivity (Wildman–Crippen MR) is 120 cm³/mol. The van der Waals surface area contributed by atoms with Crippen LogP contribution in [0.3, 0.4) is 0 Å². The van der Waals surface area contributed by atoms with Crippen LogP contribution in [0, 0.1) is 0 Å². The minimum Gasteiger partial charge on any atom is -0.497 e. The Morgan fingerprint density at radius 1 is 0.871 bits per heavy atom. The number of morpholine rings is 1. The molecule has 0 spiro atoms. The van der Waals surface area contributed by atoms with Gasteiger partial charge in [-0.2, -0.15) is 15.0 Å². The summed E-state index contributed by atoms with van der Waals surface area (Å²) in [7, 11) is 3.22. The number of rotatable bonds is 7. The highest BCUT2D eigenvalue weighted by molar-refractivity contribution is 6.33. The number of methoxy groups -OCH3 is 2. The van der Waals surface area contributed by atoms with E-state index in [0.29, 0.717) is 60.6 Å². The highest BCUT2D eigenvalue weighted by atomic mass is 35.5. The van der Waals surface area contributed by atoms with E-state index < -0.39 is 0 Å². The lowest BCUT2D eigenvalue weighted by Crippen LogP contribution is -2.37. The van der Waals surface area contributed by atoms with Crippen LogP contribution in [-0.4, -0.2) is 55.5 Å². The van der Waals surface area contributed by atoms with Crippen LogP contribution < -0.4 is 25.0 Å². The van der Waals surface area contributed by atoms with E-state index in [-0.39, 0.29) is 0 Å². The molecule has 9 nitrogen and oxygen atoms in total. The average molecular weight is 443 g/mol. The van der Waals surface area contributed by atoms with Crippen LogP contribution in [0.4, 0.5) is 29.2 Å². The number of hydrogen-bond acceptors (Lipinski definition) is 9. The molecule has 162 valence electrons. The van der Waals surface area contributed by atoms with Crippen LogP contribution in [0.25, 0.3) is 0 Å². The highest BCUT2D eigenvalue weighted by Gasteiger charge is 2.17. The van der Waals surface area contributed by atoms with Crippen molar-refractivity contribution in [1.82, 2.24) is 15.0 Å². The Bertz CT molecular complexity index is 1030. The van der Waals surface area contributed by atoms with Crippen molar-refractivity contribution in [3.05, 3.63) is 47.5 Å². The zero-order valence-electron chi connectivity index (χ0n) is 17.3. The van der Waals surface area contributed by atoms with E-state index in [2.05, 4.69) is 30.5 Å². The van der Waals surface area contributed by atoms with Crippen molar-refractivity contribution >= 4 is 40.8 Å². The Labute approximate surface area is 185 Å².